The van der Waals surface area contributed by atoms with Crippen molar-refractivity contribution in [3.63, 3.8) is 0 Å². The number of amides is 1. The smallest absolute Gasteiger partial charge is 0.220 e. The first-order valence-corrected chi connectivity index (χ1v) is 11.6. The predicted molar refractivity (Wildman–Crippen MR) is 122 cm³/mol. The Morgan fingerprint density at radius 1 is 1.07 bits per heavy atom. The van der Waals surface area contributed by atoms with Gasteiger partial charge in [0.2, 0.25) is 5.91 Å². The number of piperidine rings is 1. The topological polar surface area (TPSA) is 44.8 Å². The second kappa shape index (κ2) is 10.1. The number of unbranched alkanes of at least 4 members (excludes halogenated alkanes) is 1. The van der Waals surface area contributed by atoms with Gasteiger partial charge in [0, 0.05) is 39.0 Å². The third-order valence-electron chi connectivity index (χ3n) is 6.11. The van der Waals surface area contributed by atoms with E-state index in [9.17, 15) is 4.79 Å². The van der Waals surface area contributed by atoms with Crippen molar-refractivity contribution in [1.82, 2.24) is 10.2 Å². The Bertz CT molecular complexity index is 832. The SMILES string of the molecule is O=C1CCC2=CC=C(OCCCCN3CCN(c4cccc(Cl)c4Cl)CC3)CC2N1. The Morgan fingerprint density at radius 2 is 1.90 bits per heavy atom. The average Bonchev–Trinajstić information content (AvgIpc) is 2.76. The fourth-order valence-corrected chi connectivity index (χ4v) is 4.75. The average molecular weight is 450 g/mol. The summed E-state index contributed by atoms with van der Waals surface area (Å²) in [7, 11) is 0. The molecule has 1 atom stereocenters. The van der Waals surface area contributed by atoms with Gasteiger partial charge in [-0.25, -0.2) is 0 Å². The minimum atomic E-state index is 0.135. The van der Waals surface area contributed by atoms with Gasteiger partial charge in [-0.3, -0.25) is 9.69 Å². The molecule has 3 aliphatic rings. The molecule has 1 amide bonds. The van der Waals surface area contributed by atoms with Gasteiger partial charge in [-0.1, -0.05) is 35.3 Å². The Balaban J connectivity index is 1.13. The number of hydrogen-bond acceptors (Lipinski definition) is 4. The van der Waals surface area contributed by atoms with Crippen LogP contribution in [0.5, 0.6) is 0 Å². The summed E-state index contributed by atoms with van der Waals surface area (Å²) in [6.45, 7) is 5.81. The molecule has 1 N–H and O–H groups in total. The highest BCUT2D eigenvalue weighted by Crippen LogP contribution is 2.33. The highest BCUT2D eigenvalue weighted by atomic mass is 35.5. The van der Waals surface area contributed by atoms with Crippen molar-refractivity contribution in [1.29, 1.82) is 0 Å². The Kier molecular flexibility index (Phi) is 7.24. The third-order valence-corrected chi connectivity index (χ3v) is 6.92. The van der Waals surface area contributed by atoms with E-state index in [1.54, 1.807) is 0 Å². The van der Waals surface area contributed by atoms with Crippen LogP contribution in [0.1, 0.15) is 32.1 Å². The van der Waals surface area contributed by atoms with E-state index in [-0.39, 0.29) is 11.9 Å². The second-order valence-corrected chi connectivity index (χ2v) is 8.94. The van der Waals surface area contributed by atoms with Gasteiger partial charge >= 0.3 is 0 Å². The van der Waals surface area contributed by atoms with E-state index >= 15 is 0 Å². The number of fused-ring (bicyclic) bond motifs is 1. The lowest BCUT2D eigenvalue weighted by Crippen LogP contribution is -2.46. The van der Waals surface area contributed by atoms with Crippen LogP contribution in [-0.2, 0) is 9.53 Å². The fraction of sp³-hybridized carbons (Fsp3) is 0.522. The lowest BCUT2D eigenvalue weighted by atomic mass is 9.90. The fourth-order valence-electron chi connectivity index (χ4n) is 4.34. The Hall–Kier alpha value is -1.69. The molecule has 0 radical (unpaired) electrons. The summed E-state index contributed by atoms with van der Waals surface area (Å²) < 4.78 is 5.97. The number of nitrogens with zero attached hydrogens (tertiary/aromatic N) is 2. The molecule has 1 aromatic rings. The zero-order valence-corrected chi connectivity index (χ0v) is 18.7. The largest absolute Gasteiger partial charge is 0.498 e. The number of carbonyl (C=O) groups excluding carboxylic acids is 1. The summed E-state index contributed by atoms with van der Waals surface area (Å²) >= 11 is 12.5. The molecule has 4 rings (SSSR count). The summed E-state index contributed by atoms with van der Waals surface area (Å²) in [4.78, 5) is 16.4. The molecule has 0 saturated carbocycles. The third kappa shape index (κ3) is 5.32. The quantitative estimate of drug-likeness (QED) is 0.626. The van der Waals surface area contributed by atoms with E-state index in [4.69, 9.17) is 27.9 Å². The van der Waals surface area contributed by atoms with Crippen molar-refractivity contribution >= 4 is 34.8 Å². The second-order valence-electron chi connectivity index (χ2n) is 8.16. The van der Waals surface area contributed by atoms with Crippen LogP contribution in [0.15, 0.2) is 41.7 Å². The molecule has 5 nitrogen and oxygen atoms in total. The van der Waals surface area contributed by atoms with Crippen LogP contribution >= 0.6 is 23.2 Å². The van der Waals surface area contributed by atoms with Crippen molar-refractivity contribution in [3.05, 3.63) is 51.7 Å². The number of piperazine rings is 1. The van der Waals surface area contributed by atoms with Crippen LogP contribution in [0.25, 0.3) is 0 Å². The summed E-state index contributed by atoms with van der Waals surface area (Å²) in [6.07, 6.45) is 8.60. The molecule has 2 saturated heterocycles. The molecule has 30 heavy (non-hydrogen) atoms. The number of benzene rings is 1. The first-order chi connectivity index (χ1) is 14.6. The zero-order valence-electron chi connectivity index (χ0n) is 17.2. The van der Waals surface area contributed by atoms with Crippen LogP contribution in [0.4, 0.5) is 5.69 Å². The van der Waals surface area contributed by atoms with Crippen LogP contribution in [0.2, 0.25) is 10.0 Å². The maximum atomic E-state index is 11.6. The van der Waals surface area contributed by atoms with Crippen molar-refractivity contribution in [3.8, 4) is 0 Å². The van der Waals surface area contributed by atoms with Crippen molar-refractivity contribution < 1.29 is 9.53 Å². The monoisotopic (exact) mass is 449 g/mol. The van der Waals surface area contributed by atoms with Gasteiger partial charge in [0.15, 0.2) is 0 Å². The summed E-state index contributed by atoms with van der Waals surface area (Å²) in [5.41, 5.74) is 2.35. The Labute approximate surface area is 188 Å². The molecule has 7 heteroatoms. The lowest BCUT2D eigenvalue weighted by Gasteiger charge is -2.36. The lowest BCUT2D eigenvalue weighted by molar-refractivity contribution is -0.122. The van der Waals surface area contributed by atoms with Gasteiger partial charge < -0.3 is 15.0 Å². The Morgan fingerprint density at radius 3 is 2.73 bits per heavy atom. The molecular weight excluding hydrogens is 421 g/mol. The molecule has 1 aliphatic carbocycles. The van der Waals surface area contributed by atoms with E-state index in [1.165, 1.54) is 5.57 Å². The first kappa shape index (κ1) is 21.5. The molecule has 2 heterocycles. The number of hydrogen-bond donors (Lipinski definition) is 1. The van der Waals surface area contributed by atoms with E-state index in [0.29, 0.717) is 16.5 Å². The van der Waals surface area contributed by atoms with Gasteiger partial charge in [-0.2, -0.15) is 0 Å². The van der Waals surface area contributed by atoms with Gasteiger partial charge in [-0.15, -0.1) is 0 Å². The maximum Gasteiger partial charge on any atom is 0.220 e. The molecule has 0 bridgehead atoms. The highest BCUT2D eigenvalue weighted by Gasteiger charge is 2.26. The first-order valence-electron chi connectivity index (χ1n) is 10.8. The standard InChI is InChI=1S/C23H29Cl2N3O2/c24-19-4-3-5-21(23(19)25)28-13-11-27(12-14-28)10-1-2-15-30-18-8-6-17-7-9-22(29)26-20(17)16-18/h3-6,8,20H,1-2,7,9-16H2,(H,26,29). The van der Waals surface area contributed by atoms with E-state index in [0.717, 1.165) is 76.5 Å². The van der Waals surface area contributed by atoms with E-state index < -0.39 is 0 Å². The molecule has 162 valence electrons. The summed E-state index contributed by atoms with van der Waals surface area (Å²) in [5.74, 6) is 1.13. The van der Waals surface area contributed by atoms with Crippen molar-refractivity contribution in [2.24, 2.45) is 0 Å². The van der Waals surface area contributed by atoms with Crippen molar-refractivity contribution in [2.45, 2.75) is 38.1 Å². The number of ether oxygens (including phenoxy) is 1. The number of halogens is 2. The van der Waals surface area contributed by atoms with Crippen LogP contribution in [-0.4, -0.2) is 56.2 Å². The highest BCUT2D eigenvalue weighted by molar-refractivity contribution is 6.43. The normalized spacial score (nSPS) is 22.1. The molecule has 2 fully saturated rings. The number of rotatable bonds is 7. The number of carbonyl (C=O) groups is 1. The van der Waals surface area contributed by atoms with E-state index in [1.807, 2.05) is 18.2 Å². The minimum absolute atomic E-state index is 0.135. The van der Waals surface area contributed by atoms with Gasteiger partial charge in [0.05, 0.1) is 34.1 Å². The molecular formula is C23H29Cl2N3O2. The molecule has 0 spiro atoms. The van der Waals surface area contributed by atoms with E-state index in [2.05, 4.69) is 27.3 Å². The molecule has 1 aromatic carbocycles. The molecule has 0 aromatic heterocycles. The van der Waals surface area contributed by atoms with Crippen LogP contribution in [0, 0.1) is 0 Å². The van der Waals surface area contributed by atoms with Crippen molar-refractivity contribution in [2.75, 3.05) is 44.2 Å². The summed E-state index contributed by atoms with van der Waals surface area (Å²) in [6, 6.07) is 5.96. The zero-order chi connectivity index (χ0) is 20.9. The molecule has 1 unspecified atom stereocenters. The van der Waals surface area contributed by atoms with Gasteiger partial charge in [0.1, 0.15) is 0 Å². The number of anilines is 1. The molecule has 2 aliphatic heterocycles. The van der Waals surface area contributed by atoms with Crippen LogP contribution < -0.4 is 10.2 Å². The summed E-state index contributed by atoms with van der Waals surface area (Å²) in [5, 5.41) is 4.32. The number of allylic oxidation sites excluding steroid dienone is 2. The van der Waals surface area contributed by atoms with Gasteiger partial charge in [-0.05, 0) is 49.6 Å². The maximum absolute atomic E-state index is 11.6. The van der Waals surface area contributed by atoms with Gasteiger partial charge in [0.25, 0.3) is 0 Å². The predicted octanol–water partition coefficient (Wildman–Crippen LogP) is 4.40. The van der Waals surface area contributed by atoms with Crippen LogP contribution in [0.3, 0.4) is 0 Å². The number of nitrogens with one attached hydrogen (secondary N) is 1. The minimum Gasteiger partial charge on any atom is -0.498 e.